The van der Waals surface area contributed by atoms with Crippen molar-refractivity contribution >= 4 is 12.4 Å². The summed E-state index contributed by atoms with van der Waals surface area (Å²) in [7, 11) is 0. The van der Waals surface area contributed by atoms with Crippen LogP contribution >= 0.6 is 0 Å². The van der Waals surface area contributed by atoms with E-state index in [2.05, 4.69) is 11.7 Å². The first-order valence-electron chi connectivity index (χ1n) is 4.08. The topological polar surface area (TPSA) is 12.4 Å². The van der Waals surface area contributed by atoms with Crippen LogP contribution in [-0.4, -0.2) is 6.72 Å². The molecule has 12 heavy (non-hydrogen) atoms. The van der Waals surface area contributed by atoms with Gasteiger partial charge in [-0.3, -0.25) is 4.99 Å². The molecule has 1 saturated carbocycles. The Labute approximate surface area is 70.9 Å². The van der Waals surface area contributed by atoms with Crippen LogP contribution in [-0.2, 0) is 0 Å². The van der Waals surface area contributed by atoms with E-state index < -0.39 is 0 Å². The molecule has 1 aliphatic carbocycles. The van der Waals surface area contributed by atoms with Crippen molar-refractivity contribution in [2.24, 2.45) is 4.99 Å². The Kier molecular flexibility index (Phi) is 1.68. The summed E-state index contributed by atoms with van der Waals surface area (Å²) < 4.78 is 13.1. The lowest BCUT2D eigenvalue weighted by Gasteiger charge is -2.03. The predicted molar refractivity (Wildman–Crippen MR) is 47.6 cm³/mol. The van der Waals surface area contributed by atoms with Crippen LogP contribution in [0.15, 0.2) is 23.2 Å². The predicted octanol–water partition coefficient (Wildman–Crippen LogP) is 3.04. The molecular weight excluding hydrogens is 153 g/mol. The van der Waals surface area contributed by atoms with Gasteiger partial charge in [0.1, 0.15) is 11.5 Å². The third-order valence-electron chi connectivity index (χ3n) is 2.19. The molecule has 1 aliphatic rings. The summed E-state index contributed by atoms with van der Waals surface area (Å²) in [5.74, 6) is 0.274. The highest BCUT2D eigenvalue weighted by Gasteiger charge is 2.26. The van der Waals surface area contributed by atoms with Crippen molar-refractivity contribution in [1.29, 1.82) is 0 Å². The van der Waals surface area contributed by atoms with Crippen LogP contribution in [0.25, 0.3) is 0 Å². The van der Waals surface area contributed by atoms with Crippen LogP contribution in [0.5, 0.6) is 0 Å². The zero-order valence-corrected chi connectivity index (χ0v) is 6.76. The van der Waals surface area contributed by atoms with Crippen LogP contribution in [0.3, 0.4) is 0 Å². The molecule has 0 N–H and O–H groups in total. The van der Waals surface area contributed by atoms with E-state index in [0.717, 1.165) is 18.4 Å². The summed E-state index contributed by atoms with van der Waals surface area (Å²) in [4.78, 5) is 3.71. The number of hydrogen-bond donors (Lipinski definition) is 0. The number of aliphatic imine (C=N–C) groups is 1. The van der Waals surface area contributed by atoms with Gasteiger partial charge in [-0.1, -0.05) is 12.1 Å². The molecular formula is C10H10FN. The Hall–Kier alpha value is -1.18. The van der Waals surface area contributed by atoms with E-state index in [9.17, 15) is 4.39 Å². The van der Waals surface area contributed by atoms with Gasteiger partial charge in [0.15, 0.2) is 0 Å². The summed E-state index contributed by atoms with van der Waals surface area (Å²) in [6, 6.07) is 5.10. The molecule has 0 aromatic heterocycles. The molecule has 2 heteroatoms. The second-order valence-electron chi connectivity index (χ2n) is 3.11. The molecule has 0 atom stereocenters. The lowest BCUT2D eigenvalue weighted by atomic mass is 10.1. The van der Waals surface area contributed by atoms with Gasteiger partial charge in [0.25, 0.3) is 0 Å². The normalized spacial score (nSPS) is 16.1. The fourth-order valence-corrected chi connectivity index (χ4v) is 1.42. The number of rotatable bonds is 2. The van der Waals surface area contributed by atoms with Crippen LogP contribution < -0.4 is 0 Å². The molecule has 0 amide bonds. The summed E-state index contributed by atoms with van der Waals surface area (Å²) >= 11 is 0. The maximum Gasteiger partial charge on any atom is 0.149 e. The molecule has 0 radical (unpaired) electrons. The molecule has 0 spiro atoms. The van der Waals surface area contributed by atoms with Crippen molar-refractivity contribution in [3.63, 3.8) is 0 Å². The van der Waals surface area contributed by atoms with Crippen molar-refractivity contribution in [2.75, 3.05) is 0 Å². The van der Waals surface area contributed by atoms with Crippen molar-refractivity contribution in [1.82, 2.24) is 0 Å². The van der Waals surface area contributed by atoms with Gasteiger partial charge in [-0.05, 0) is 37.1 Å². The number of benzene rings is 1. The van der Waals surface area contributed by atoms with E-state index >= 15 is 0 Å². The number of hydrogen-bond acceptors (Lipinski definition) is 1. The molecule has 0 unspecified atom stereocenters. The fraction of sp³-hybridized carbons (Fsp3) is 0.300. The molecule has 62 valence electrons. The summed E-state index contributed by atoms with van der Waals surface area (Å²) in [5.41, 5.74) is 1.46. The Morgan fingerprint density at radius 1 is 1.42 bits per heavy atom. The molecule has 0 bridgehead atoms. The van der Waals surface area contributed by atoms with Crippen molar-refractivity contribution in [2.45, 2.75) is 18.8 Å². The largest absolute Gasteiger partial charge is 0.261 e. The van der Waals surface area contributed by atoms with Crippen LogP contribution in [0.2, 0.25) is 0 Å². The summed E-state index contributed by atoms with van der Waals surface area (Å²) in [6.45, 7) is 3.37. The van der Waals surface area contributed by atoms with E-state index in [4.69, 9.17) is 0 Å². The first-order chi connectivity index (χ1) is 5.83. The quantitative estimate of drug-likeness (QED) is 0.594. The Bertz CT molecular complexity index is 316. The zero-order valence-electron chi connectivity index (χ0n) is 6.76. The van der Waals surface area contributed by atoms with Crippen molar-refractivity contribution < 1.29 is 4.39 Å². The Morgan fingerprint density at radius 2 is 2.17 bits per heavy atom. The minimum atomic E-state index is -0.255. The number of nitrogens with zero attached hydrogens (tertiary/aromatic N) is 1. The van der Waals surface area contributed by atoms with E-state index in [-0.39, 0.29) is 5.82 Å². The highest BCUT2D eigenvalue weighted by molar-refractivity contribution is 5.54. The van der Waals surface area contributed by atoms with Crippen LogP contribution in [0.4, 0.5) is 10.1 Å². The second kappa shape index (κ2) is 2.70. The lowest BCUT2D eigenvalue weighted by molar-refractivity contribution is 0.628. The van der Waals surface area contributed by atoms with Gasteiger partial charge in [0.2, 0.25) is 0 Å². The average Bonchev–Trinajstić information content (AvgIpc) is 2.86. The maximum atomic E-state index is 13.1. The highest BCUT2D eigenvalue weighted by atomic mass is 19.1. The molecule has 1 fully saturated rings. The molecule has 2 rings (SSSR count). The van der Waals surface area contributed by atoms with Crippen molar-refractivity contribution in [3.8, 4) is 0 Å². The van der Waals surface area contributed by atoms with Gasteiger partial charge in [0.05, 0.1) is 0 Å². The monoisotopic (exact) mass is 163 g/mol. The molecule has 0 saturated heterocycles. The fourth-order valence-electron chi connectivity index (χ4n) is 1.42. The van der Waals surface area contributed by atoms with E-state index in [1.807, 2.05) is 6.07 Å². The average molecular weight is 163 g/mol. The minimum Gasteiger partial charge on any atom is -0.261 e. The number of para-hydroxylation sites is 1. The maximum absolute atomic E-state index is 13.1. The zero-order chi connectivity index (χ0) is 8.55. The van der Waals surface area contributed by atoms with Gasteiger partial charge in [0, 0.05) is 0 Å². The Balaban J connectivity index is 2.50. The van der Waals surface area contributed by atoms with Gasteiger partial charge in [-0.2, -0.15) is 0 Å². The minimum absolute atomic E-state index is 0.255. The molecule has 0 heterocycles. The van der Waals surface area contributed by atoms with Crippen LogP contribution in [0, 0.1) is 5.82 Å². The SMILES string of the molecule is C=Nc1c(F)cccc1C1CC1. The number of halogens is 1. The van der Waals surface area contributed by atoms with Gasteiger partial charge in [-0.15, -0.1) is 0 Å². The van der Waals surface area contributed by atoms with Gasteiger partial charge < -0.3 is 0 Å². The van der Waals surface area contributed by atoms with E-state index in [1.165, 1.54) is 6.07 Å². The third-order valence-corrected chi connectivity index (χ3v) is 2.19. The third kappa shape index (κ3) is 1.13. The Morgan fingerprint density at radius 3 is 2.75 bits per heavy atom. The standard InChI is InChI=1S/C10H10FN/c1-12-10-8(7-5-6-7)3-2-4-9(10)11/h2-4,7H,1,5-6H2. The highest BCUT2D eigenvalue weighted by Crippen LogP contribution is 2.44. The van der Waals surface area contributed by atoms with E-state index in [1.54, 1.807) is 6.07 Å². The smallest absolute Gasteiger partial charge is 0.149 e. The van der Waals surface area contributed by atoms with Crippen molar-refractivity contribution in [3.05, 3.63) is 29.6 Å². The van der Waals surface area contributed by atoms with Crippen LogP contribution in [0.1, 0.15) is 24.3 Å². The van der Waals surface area contributed by atoms with E-state index in [0.29, 0.717) is 11.6 Å². The molecule has 0 aliphatic heterocycles. The summed E-state index contributed by atoms with van der Waals surface area (Å²) in [5, 5.41) is 0. The molecule has 1 aromatic carbocycles. The first-order valence-corrected chi connectivity index (χ1v) is 4.08. The van der Waals surface area contributed by atoms with Gasteiger partial charge in [-0.25, -0.2) is 4.39 Å². The molecule has 1 aromatic rings. The second-order valence-corrected chi connectivity index (χ2v) is 3.11. The first kappa shape index (κ1) is 7.47. The lowest BCUT2D eigenvalue weighted by Crippen LogP contribution is -1.83. The van der Waals surface area contributed by atoms with Gasteiger partial charge >= 0.3 is 0 Å². The summed E-state index contributed by atoms with van der Waals surface area (Å²) in [6.07, 6.45) is 2.32. The molecule has 1 nitrogen and oxygen atoms in total.